The van der Waals surface area contributed by atoms with E-state index in [4.69, 9.17) is 4.55 Å². The van der Waals surface area contributed by atoms with Gasteiger partial charge < -0.3 is 1.43 Å². The smallest absolute Gasteiger partial charge is 1.00 e. The Morgan fingerprint density at radius 1 is 0.519 bits per heavy atom. The third-order valence-corrected chi connectivity index (χ3v) is 3.53. The summed E-state index contributed by atoms with van der Waals surface area (Å²) in [4.78, 5) is 0. The Morgan fingerprint density at radius 3 is 0.963 bits per heavy atom. The molecule has 160 valence electrons. The predicted molar refractivity (Wildman–Crippen MR) is 48.4 cm³/mol. The Balaban J connectivity index is -0.00000312. The molecule has 0 saturated carbocycles. The third-order valence-electron chi connectivity index (χ3n) is 2.62. The fourth-order valence-corrected chi connectivity index (χ4v) is 1.57. The molecule has 0 saturated heterocycles. The average molecular weight is 458 g/mol. The van der Waals surface area contributed by atoms with Gasteiger partial charge >= 0.3 is 70.0 Å². The molecule has 0 aromatic heterocycles. The van der Waals surface area contributed by atoms with Crippen LogP contribution in [0.1, 0.15) is 1.43 Å². The topological polar surface area (TPSA) is 54.4 Å². The molecule has 20 heteroatoms. The van der Waals surface area contributed by atoms with Crippen molar-refractivity contribution < 1.29 is 99.1 Å². The van der Waals surface area contributed by atoms with Crippen molar-refractivity contribution in [2.45, 2.75) is 41.0 Å². The molecule has 0 bridgehead atoms. The first-order chi connectivity index (χ1) is 10.8. The molecule has 0 rings (SSSR count). The van der Waals surface area contributed by atoms with Crippen molar-refractivity contribution in [2.24, 2.45) is 0 Å². The van der Waals surface area contributed by atoms with E-state index in [0.29, 0.717) is 0 Å². The minimum Gasteiger partial charge on any atom is -1.00 e. The first-order valence-corrected chi connectivity index (χ1v) is 6.49. The zero-order chi connectivity index (χ0) is 22.0. The summed E-state index contributed by atoms with van der Waals surface area (Å²) >= 11 is 0. The molecule has 0 aromatic rings. The van der Waals surface area contributed by atoms with E-state index in [0.717, 1.165) is 0 Å². The van der Waals surface area contributed by atoms with Crippen LogP contribution in [0.2, 0.25) is 0 Å². The molecule has 0 aliphatic rings. The Hall–Kier alpha value is -0.543. The molecule has 1 N–H and O–H groups in total. The van der Waals surface area contributed by atoms with Crippen molar-refractivity contribution in [1.29, 1.82) is 0 Å². The van der Waals surface area contributed by atoms with Crippen molar-refractivity contribution in [3.63, 3.8) is 0 Å². The van der Waals surface area contributed by atoms with Crippen LogP contribution >= 0.6 is 0 Å². The van der Waals surface area contributed by atoms with Gasteiger partial charge in [0.05, 0.1) is 0 Å². The van der Waals surface area contributed by atoms with E-state index in [-0.39, 0.29) is 20.3 Å². The van der Waals surface area contributed by atoms with Crippen molar-refractivity contribution in [1.82, 2.24) is 0 Å². The van der Waals surface area contributed by atoms with E-state index in [9.17, 15) is 74.3 Å². The van der Waals surface area contributed by atoms with Gasteiger partial charge in [0.1, 0.15) is 0 Å². The Bertz CT molecular complexity index is 657. The van der Waals surface area contributed by atoms with E-state index in [2.05, 4.69) is 0 Å². The number of hydrogen-bond acceptors (Lipinski definition) is 2. The Morgan fingerprint density at radius 2 is 0.741 bits per heavy atom. The summed E-state index contributed by atoms with van der Waals surface area (Å²) in [5, 5.41) is -7.70. The van der Waals surface area contributed by atoms with Crippen LogP contribution in [-0.2, 0) is 10.1 Å². The molecule has 0 unspecified atom stereocenters. The number of alkyl halides is 15. The van der Waals surface area contributed by atoms with E-state index in [1.807, 2.05) is 0 Å². The summed E-state index contributed by atoms with van der Waals surface area (Å²) in [6.07, 6.45) is -7.75. The van der Waals surface area contributed by atoms with Gasteiger partial charge in [0.2, 0.25) is 0 Å². The van der Waals surface area contributed by atoms with Crippen molar-refractivity contribution in [3.8, 4) is 0 Å². The molecule has 0 atom stereocenters. The van der Waals surface area contributed by atoms with Gasteiger partial charge in [-0.3, -0.25) is 4.55 Å². The van der Waals surface area contributed by atoms with Gasteiger partial charge in [-0.25, -0.2) is 0 Å². The maximum atomic E-state index is 12.9. The summed E-state index contributed by atoms with van der Waals surface area (Å²) in [7, 11) is -7.76. The predicted octanol–water partition coefficient (Wildman–Crippen LogP) is 1.32. The van der Waals surface area contributed by atoms with Crippen LogP contribution in [0.3, 0.4) is 0 Å². The minimum absolute atomic E-state index is 0. The molecule has 27 heavy (non-hydrogen) atoms. The molecular weight excluding hydrogens is 456 g/mol. The van der Waals surface area contributed by atoms with Gasteiger partial charge in [0.25, 0.3) is 0 Å². The van der Waals surface area contributed by atoms with E-state index in [1.54, 1.807) is 0 Å². The first kappa shape index (κ1) is 28.7. The summed E-state index contributed by atoms with van der Waals surface area (Å²) in [5.41, 5.74) is 0. The largest absolute Gasteiger partial charge is 1.00 e. The molecule has 0 aliphatic heterocycles. The molecule has 0 amide bonds. The maximum Gasteiger partial charge on any atom is 1.00 e. The second kappa shape index (κ2) is 6.76. The van der Waals surface area contributed by atoms with E-state index in [1.165, 1.54) is 0 Å². The average Bonchev–Trinajstić information content (AvgIpc) is 2.34. The van der Waals surface area contributed by atoms with Crippen molar-refractivity contribution in [2.75, 3.05) is 0 Å². The summed E-state index contributed by atoms with van der Waals surface area (Å²) in [6.45, 7) is 0. The summed E-state index contributed by atoms with van der Waals surface area (Å²) in [5.74, 6) is -42.0. The van der Waals surface area contributed by atoms with Crippen molar-refractivity contribution >= 4 is 10.1 Å². The summed E-state index contributed by atoms with van der Waals surface area (Å²) < 4.78 is 215. The fourth-order valence-electron chi connectivity index (χ4n) is 1.11. The van der Waals surface area contributed by atoms with E-state index >= 15 is 0 Å². The van der Waals surface area contributed by atoms with Crippen molar-refractivity contribution in [3.05, 3.63) is 0 Å². The van der Waals surface area contributed by atoms with Crippen LogP contribution in [0.25, 0.3) is 0 Å². The van der Waals surface area contributed by atoms with E-state index < -0.39 is 51.2 Å². The van der Waals surface area contributed by atoms with Crippen LogP contribution in [0.15, 0.2) is 0 Å². The molecule has 0 heterocycles. The monoisotopic (exact) mass is 458 g/mol. The van der Waals surface area contributed by atoms with Gasteiger partial charge in [0, 0.05) is 0 Å². The molecular formula is C7H2F15LiO3S. The SMILES string of the molecule is O=S(=O)(O)C(F)(F)C(F)(F)C(F)(F)C(F)(F)C(F)(F)C(F)(F)C(F)(F)F.[H-].[Li+]. The maximum absolute atomic E-state index is 12.9. The molecule has 0 aliphatic carbocycles. The number of halogens is 15. The normalized spacial score (nSPS) is 16.1. The quantitative estimate of drug-likeness (QED) is 0.372. The second-order valence-corrected chi connectivity index (χ2v) is 5.82. The minimum atomic E-state index is -8.60. The standard InChI is InChI=1S/C7HF15O3S.Li.H/c8-1(9,2(10,11)4(14,15)6(18,19)20)3(12,13)5(16,17)7(21,22)26(23,24)25;;/h(H,23,24,25);;/q;+1;-1. The van der Waals surface area contributed by atoms with Gasteiger partial charge in [-0.1, -0.05) is 0 Å². The fraction of sp³-hybridized carbons (Fsp3) is 1.00. The summed E-state index contributed by atoms with van der Waals surface area (Å²) in [6, 6.07) is 0. The van der Waals surface area contributed by atoms with Gasteiger partial charge in [-0.05, 0) is 0 Å². The van der Waals surface area contributed by atoms with Crippen LogP contribution in [-0.4, -0.2) is 54.0 Å². The van der Waals surface area contributed by atoms with Crippen LogP contribution in [0.5, 0.6) is 0 Å². The van der Waals surface area contributed by atoms with Gasteiger partial charge in [0.15, 0.2) is 0 Å². The zero-order valence-electron chi connectivity index (χ0n) is 12.8. The zero-order valence-corrected chi connectivity index (χ0v) is 12.7. The molecule has 0 fully saturated rings. The van der Waals surface area contributed by atoms with Crippen LogP contribution in [0.4, 0.5) is 65.9 Å². The molecule has 0 spiro atoms. The molecule has 0 radical (unpaired) electrons. The third kappa shape index (κ3) is 3.59. The Kier molecular flexibility index (Phi) is 7.18. The van der Waals surface area contributed by atoms with Crippen LogP contribution < -0.4 is 18.9 Å². The second-order valence-electron chi connectivity index (χ2n) is 4.36. The number of hydrogen-bond donors (Lipinski definition) is 1. The van der Waals surface area contributed by atoms with Gasteiger partial charge in [-0.15, -0.1) is 0 Å². The van der Waals surface area contributed by atoms with Crippen LogP contribution in [0, 0.1) is 0 Å². The number of rotatable bonds is 6. The molecule has 3 nitrogen and oxygen atoms in total. The van der Waals surface area contributed by atoms with Gasteiger partial charge in [-0.2, -0.15) is 74.3 Å². The molecule has 0 aromatic carbocycles. The Labute approximate surface area is 151 Å². The first-order valence-electron chi connectivity index (χ1n) is 5.05.